The Morgan fingerprint density at radius 2 is 1.88 bits per heavy atom. The van der Waals surface area contributed by atoms with E-state index < -0.39 is 12.2 Å². The van der Waals surface area contributed by atoms with Gasteiger partial charge in [0.2, 0.25) is 0 Å². The van der Waals surface area contributed by atoms with E-state index in [0.717, 1.165) is 19.3 Å². The van der Waals surface area contributed by atoms with Crippen LogP contribution in [0.5, 0.6) is 0 Å². The van der Waals surface area contributed by atoms with E-state index in [1.54, 1.807) is 0 Å². The topological polar surface area (TPSA) is 40.5 Å². The Bertz CT molecular complexity index is 937. The van der Waals surface area contributed by atoms with Crippen LogP contribution < -0.4 is 0 Å². The van der Waals surface area contributed by atoms with Gasteiger partial charge in [-0.3, -0.25) is 0 Å². The number of hydrogen-bond acceptors (Lipinski definition) is 2. The molecule has 32 heavy (non-hydrogen) atoms. The van der Waals surface area contributed by atoms with Crippen molar-refractivity contribution < 1.29 is 10.2 Å². The zero-order chi connectivity index (χ0) is 23.6. The first kappa shape index (κ1) is 23.8. The van der Waals surface area contributed by atoms with Gasteiger partial charge in [-0.1, -0.05) is 71.9 Å². The predicted molar refractivity (Wildman–Crippen MR) is 135 cm³/mol. The van der Waals surface area contributed by atoms with E-state index in [2.05, 4.69) is 73.3 Å². The average Bonchev–Trinajstić information content (AvgIpc) is 3.17. The maximum atomic E-state index is 10.8. The molecule has 6 atom stereocenters. The van der Waals surface area contributed by atoms with Crippen LogP contribution in [0, 0.1) is 30.1 Å². The first-order chi connectivity index (χ1) is 14.9. The third-order valence-electron chi connectivity index (χ3n) is 9.61. The molecular formula is C30H44O2. The molecule has 0 amide bonds. The van der Waals surface area contributed by atoms with Crippen molar-refractivity contribution in [3.05, 3.63) is 52.1 Å². The van der Waals surface area contributed by atoms with Gasteiger partial charge in [0.15, 0.2) is 0 Å². The van der Waals surface area contributed by atoms with Crippen molar-refractivity contribution in [2.75, 3.05) is 0 Å². The number of benzene rings is 1. The van der Waals surface area contributed by atoms with E-state index in [9.17, 15) is 10.2 Å². The van der Waals surface area contributed by atoms with E-state index >= 15 is 0 Å². The van der Waals surface area contributed by atoms with Crippen LogP contribution in [0.4, 0.5) is 0 Å². The number of allylic oxidation sites excluding steroid dienone is 2. The molecule has 0 aromatic heterocycles. The Balaban J connectivity index is 1.69. The molecule has 0 heterocycles. The van der Waals surface area contributed by atoms with Crippen LogP contribution in [-0.2, 0) is 11.8 Å². The third kappa shape index (κ3) is 3.53. The summed E-state index contributed by atoms with van der Waals surface area (Å²) < 4.78 is 0. The monoisotopic (exact) mass is 436 g/mol. The molecule has 1 aromatic rings. The zero-order valence-corrected chi connectivity index (χ0v) is 21.3. The second-order valence-electron chi connectivity index (χ2n) is 12.3. The van der Waals surface area contributed by atoms with Gasteiger partial charge in [-0.2, -0.15) is 0 Å². The molecule has 3 aliphatic carbocycles. The lowest BCUT2D eigenvalue weighted by Crippen LogP contribution is -2.59. The SMILES string of the molecule is C=C(CC[C@@H](C)[C@H]1C=Cc2c3c(cc(C)c21)[C@@]1(C)C[C@@H](O)[C@H](O)C(C)(C)[C@@H]1CC3)C(C)C. The van der Waals surface area contributed by atoms with E-state index in [4.69, 9.17) is 0 Å². The van der Waals surface area contributed by atoms with Crippen LogP contribution in [0.2, 0.25) is 0 Å². The maximum absolute atomic E-state index is 10.8. The molecular weight excluding hydrogens is 392 g/mol. The van der Waals surface area contributed by atoms with Gasteiger partial charge < -0.3 is 10.2 Å². The number of aliphatic hydroxyl groups excluding tert-OH is 2. The molecule has 2 nitrogen and oxygen atoms in total. The minimum Gasteiger partial charge on any atom is -0.390 e. The van der Waals surface area contributed by atoms with Crippen LogP contribution in [0.1, 0.15) is 101 Å². The molecule has 3 aliphatic rings. The number of rotatable bonds is 5. The first-order valence-corrected chi connectivity index (χ1v) is 12.8. The second-order valence-corrected chi connectivity index (χ2v) is 12.3. The highest BCUT2D eigenvalue weighted by atomic mass is 16.3. The fourth-order valence-electron chi connectivity index (χ4n) is 7.45. The molecule has 176 valence electrons. The van der Waals surface area contributed by atoms with Gasteiger partial charge in [-0.25, -0.2) is 0 Å². The van der Waals surface area contributed by atoms with Crippen molar-refractivity contribution in [2.45, 2.75) is 104 Å². The van der Waals surface area contributed by atoms with E-state index in [1.807, 2.05) is 0 Å². The summed E-state index contributed by atoms with van der Waals surface area (Å²) >= 11 is 0. The molecule has 2 N–H and O–H groups in total. The van der Waals surface area contributed by atoms with Crippen LogP contribution in [0.3, 0.4) is 0 Å². The molecule has 0 aliphatic heterocycles. The lowest BCUT2D eigenvalue weighted by atomic mass is 9.48. The van der Waals surface area contributed by atoms with Crippen molar-refractivity contribution in [3.63, 3.8) is 0 Å². The number of aryl methyl sites for hydroxylation is 1. The summed E-state index contributed by atoms with van der Waals surface area (Å²) in [5.41, 5.74) is 8.28. The molecule has 0 radical (unpaired) electrons. The highest BCUT2D eigenvalue weighted by Crippen LogP contribution is 2.58. The molecule has 0 bridgehead atoms. The van der Waals surface area contributed by atoms with Crippen molar-refractivity contribution in [1.82, 2.24) is 0 Å². The van der Waals surface area contributed by atoms with Gasteiger partial charge in [0.25, 0.3) is 0 Å². The molecule has 0 saturated heterocycles. The van der Waals surface area contributed by atoms with E-state index in [-0.39, 0.29) is 10.8 Å². The van der Waals surface area contributed by atoms with E-state index in [1.165, 1.54) is 39.8 Å². The number of hydrogen-bond donors (Lipinski definition) is 2. The summed E-state index contributed by atoms with van der Waals surface area (Å²) in [5, 5.41) is 21.6. The maximum Gasteiger partial charge on any atom is 0.0853 e. The third-order valence-corrected chi connectivity index (χ3v) is 9.61. The summed E-state index contributed by atoms with van der Waals surface area (Å²) in [6, 6.07) is 2.45. The highest BCUT2D eigenvalue weighted by Gasteiger charge is 2.57. The summed E-state index contributed by atoms with van der Waals surface area (Å²) in [4.78, 5) is 0. The van der Waals surface area contributed by atoms with Crippen molar-refractivity contribution >= 4 is 6.08 Å². The lowest BCUT2D eigenvalue weighted by molar-refractivity contribution is -0.142. The Morgan fingerprint density at radius 1 is 1.19 bits per heavy atom. The van der Waals surface area contributed by atoms with Gasteiger partial charge in [-0.05, 0) is 95.4 Å². The molecule has 1 aromatic carbocycles. The number of fused-ring (bicyclic) bond motifs is 5. The van der Waals surface area contributed by atoms with Gasteiger partial charge in [-0.15, -0.1) is 0 Å². The van der Waals surface area contributed by atoms with Crippen LogP contribution in [0.25, 0.3) is 6.08 Å². The normalized spacial score (nSPS) is 33.6. The molecule has 0 unspecified atom stereocenters. The van der Waals surface area contributed by atoms with Crippen LogP contribution in [0.15, 0.2) is 24.3 Å². The van der Waals surface area contributed by atoms with Gasteiger partial charge in [0.1, 0.15) is 0 Å². The number of aliphatic hydroxyl groups is 2. The van der Waals surface area contributed by atoms with Gasteiger partial charge in [0.05, 0.1) is 12.2 Å². The van der Waals surface area contributed by atoms with Crippen molar-refractivity contribution in [3.8, 4) is 0 Å². The highest BCUT2D eigenvalue weighted by molar-refractivity contribution is 5.70. The summed E-state index contributed by atoms with van der Waals surface area (Å²) in [6.45, 7) is 20.1. The Kier molecular flexibility index (Phi) is 6.04. The lowest BCUT2D eigenvalue weighted by Gasteiger charge is -2.58. The Morgan fingerprint density at radius 3 is 2.53 bits per heavy atom. The standard InChI is InChI=1S/C30H44O2/c1-17(2)18(3)9-10-19(4)21-11-12-23-22-13-14-26-29(6,7)28(32)25(31)16-30(26,8)24(22)15-20(5)27(21)23/h11-12,15,17,19,21,25-26,28,31-32H,3,9-10,13-14,16H2,1-2,4-8H3/t19-,21-,25-,26+,28+,30-/m1/s1. The van der Waals surface area contributed by atoms with Crippen molar-refractivity contribution in [1.29, 1.82) is 0 Å². The summed E-state index contributed by atoms with van der Waals surface area (Å²) in [6.07, 6.45) is 8.61. The molecule has 1 fully saturated rings. The molecule has 4 rings (SSSR count). The van der Waals surface area contributed by atoms with Crippen LogP contribution in [-0.4, -0.2) is 22.4 Å². The van der Waals surface area contributed by atoms with Crippen LogP contribution >= 0.6 is 0 Å². The van der Waals surface area contributed by atoms with Gasteiger partial charge in [0, 0.05) is 5.92 Å². The fourth-order valence-corrected chi connectivity index (χ4v) is 7.45. The average molecular weight is 437 g/mol. The zero-order valence-electron chi connectivity index (χ0n) is 21.3. The quantitative estimate of drug-likeness (QED) is 0.504. The van der Waals surface area contributed by atoms with Crippen molar-refractivity contribution in [2.24, 2.45) is 23.2 Å². The Labute approximate surface area is 195 Å². The summed E-state index contributed by atoms with van der Waals surface area (Å²) in [7, 11) is 0. The van der Waals surface area contributed by atoms with Gasteiger partial charge >= 0.3 is 0 Å². The fraction of sp³-hybridized carbons (Fsp3) is 0.667. The largest absolute Gasteiger partial charge is 0.390 e. The molecule has 0 spiro atoms. The predicted octanol–water partition coefficient (Wildman–Crippen LogP) is 6.71. The molecule has 2 heteroatoms. The minimum absolute atomic E-state index is 0.0952. The second kappa shape index (κ2) is 8.13. The smallest absolute Gasteiger partial charge is 0.0853 e. The molecule has 1 saturated carbocycles. The first-order valence-electron chi connectivity index (χ1n) is 12.8. The van der Waals surface area contributed by atoms with E-state index in [0.29, 0.717) is 30.1 Å². The Hall–Kier alpha value is -1.38. The minimum atomic E-state index is -0.664. The summed E-state index contributed by atoms with van der Waals surface area (Å²) in [5.74, 6) is 2.01.